The molecule has 3 heterocycles. The number of nitrogens with zero attached hydrogens (tertiary/aromatic N) is 2. The van der Waals surface area contributed by atoms with Gasteiger partial charge in [-0.25, -0.2) is 9.97 Å². The molecule has 3 N–H and O–H groups in total. The summed E-state index contributed by atoms with van der Waals surface area (Å²) in [5.41, 5.74) is 8.28. The van der Waals surface area contributed by atoms with Crippen molar-refractivity contribution in [3.8, 4) is 0 Å². The first-order valence-electron chi connectivity index (χ1n) is 5.78. The summed E-state index contributed by atoms with van der Waals surface area (Å²) in [5.74, 6) is 3.58. The third-order valence-corrected chi connectivity index (χ3v) is 4.22. The van der Waals surface area contributed by atoms with E-state index in [4.69, 9.17) is 5.73 Å². The van der Waals surface area contributed by atoms with E-state index in [9.17, 15) is 0 Å². The SMILES string of the molecule is Nc1nc(CC2CCCN2)nc2c1CSC2. The van der Waals surface area contributed by atoms with Gasteiger partial charge >= 0.3 is 0 Å². The Bertz CT molecular complexity index is 401. The first-order valence-corrected chi connectivity index (χ1v) is 6.93. The first kappa shape index (κ1) is 10.4. The Morgan fingerprint density at radius 2 is 2.31 bits per heavy atom. The highest BCUT2D eigenvalue weighted by Gasteiger charge is 2.21. The van der Waals surface area contributed by atoms with Crippen molar-refractivity contribution in [3.05, 3.63) is 17.1 Å². The summed E-state index contributed by atoms with van der Waals surface area (Å²) in [7, 11) is 0. The van der Waals surface area contributed by atoms with E-state index < -0.39 is 0 Å². The third-order valence-electron chi connectivity index (χ3n) is 3.25. The standard InChI is InChI=1S/C11H16N4S/c12-11-8-5-16-6-9(8)14-10(15-11)4-7-2-1-3-13-7/h7,13H,1-6H2,(H2,12,14,15). The molecule has 0 bridgehead atoms. The van der Waals surface area contributed by atoms with E-state index in [2.05, 4.69) is 15.3 Å². The predicted molar refractivity (Wildman–Crippen MR) is 66.2 cm³/mol. The van der Waals surface area contributed by atoms with E-state index in [1.165, 1.54) is 12.8 Å². The molecule has 0 radical (unpaired) electrons. The van der Waals surface area contributed by atoms with E-state index in [1.807, 2.05) is 11.8 Å². The molecule has 1 fully saturated rings. The van der Waals surface area contributed by atoms with Crippen LogP contribution < -0.4 is 11.1 Å². The zero-order valence-corrected chi connectivity index (χ0v) is 10.0. The van der Waals surface area contributed by atoms with E-state index in [0.717, 1.165) is 41.6 Å². The topological polar surface area (TPSA) is 63.8 Å². The number of anilines is 1. The minimum Gasteiger partial charge on any atom is -0.383 e. The molecule has 0 saturated carbocycles. The molecule has 1 saturated heterocycles. The Kier molecular flexibility index (Phi) is 2.73. The molecule has 86 valence electrons. The summed E-state index contributed by atoms with van der Waals surface area (Å²) in [6.45, 7) is 1.13. The van der Waals surface area contributed by atoms with Gasteiger partial charge in [-0.2, -0.15) is 11.8 Å². The second kappa shape index (κ2) is 4.22. The van der Waals surface area contributed by atoms with Crippen LogP contribution in [0.2, 0.25) is 0 Å². The number of fused-ring (bicyclic) bond motifs is 1. The molecule has 5 heteroatoms. The lowest BCUT2D eigenvalue weighted by atomic mass is 10.1. The minimum absolute atomic E-state index is 0.548. The quantitative estimate of drug-likeness (QED) is 0.805. The summed E-state index contributed by atoms with van der Waals surface area (Å²) in [6, 6.07) is 0.548. The van der Waals surface area contributed by atoms with Gasteiger partial charge in [0, 0.05) is 29.5 Å². The van der Waals surface area contributed by atoms with Crippen LogP contribution in [-0.2, 0) is 17.9 Å². The molecule has 1 aromatic heterocycles. The lowest BCUT2D eigenvalue weighted by Crippen LogP contribution is -2.25. The van der Waals surface area contributed by atoms with Crippen molar-refractivity contribution >= 4 is 17.6 Å². The van der Waals surface area contributed by atoms with Crippen LogP contribution in [-0.4, -0.2) is 22.6 Å². The van der Waals surface area contributed by atoms with Gasteiger partial charge in [0.05, 0.1) is 5.69 Å². The average molecular weight is 236 g/mol. The number of thioether (sulfide) groups is 1. The molecule has 3 rings (SSSR count). The third kappa shape index (κ3) is 1.89. The average Bonchev–Trinajstić information content (AvgIpc) is 2.87. The van der Waals surface area contributed by atoms with Crippen molar-refractivity contribution in [2.75, 3.05) is 12.3 Å². The van der Waals surface area contributed by atoms with Crippen LogP contribution in [0, 0.1) is 0 Å². The number of nitrogens with one attached hydrogen (secondary N) is 1. The smallest absolute Gasteiger partial charge is 0.132 e. The van der Waals surface area contributed by atoms with Crippen LogP contribution in [0.5, 0.6) is 0 Å². The molecule has 2 aliphatic heterocycles. The maximum Gasteiger partial charge on any atom is 0.132 e. The van der Waals surface area contributed by atoms with Gasteiger partial charge in [-0.1, -0.05) is 0 Å². The number of nitrogens with two attached hydrogens (primary N) is 1. The van der Waals surface area contributed by atoms with Crippen molar-refractivity contribution in [2.24, 2.45) is 0 Å². The zero-order valence-electron chi connectivity index (χ0n) is 9.20. The lowest BCUT2D eigenvalue weighted by Gasteiger charge is -2.10. The fourth-order valence-corrected chi connectivity index (χ4v) is 3.42. The Labute approximate surface area is 99.4 Å². The lowest BCUT2D eigenvalue weighted by molar-refractivity contribution is 0.584. The van der Waals surface area contributed by atoms with E-state index in [-0.39, 0.29) is 0 Å². The van der Waals surface area contributed by atoms with Crippen molar-refractivity contribution in [1.29, 1.82) is 0 Å². The molecule has 4 nitrogen and oxygen atoms in total. The Morgan fingerprint density at radius 1 is 1.38 bits per heavy atom. The van der Waals surface area contributed by atoms with Crippen molar-refractivity contribution in [3.63, 3.8) is 0 Å². The largest absolute Gasteiger partial charge is 0.383 e. The van der Waals surface area contributed by atoms with E-state index >= 15 is 0 Å². The van der Waals surface area contributed by atoms with Gasteiger partial charge in [0.2, 0.25) is 0 Å². The number of hydrogen-bond acceptors (Lipinski definition) is 5. The van der Waals surface area contributed by atoms with Crippen LogP contribution in [0.3, 0.4) is 0 Å². The fourth-order valence-electron chi connectivity index (χ4n) is 2.37. The van der Waals surface area contributed by atoms with Gasteiger partial charge in [0.1, 0.15) is 11.6 Å². The Balaban J connectivity index is 1.82. The molecule has 0 spiro atoms. The van der Waals surface area contributed by atoms with Gasteiger partial charge < -0.3 is 11.1 Å². The molecule has 1 unspecified atom stereocenters. The maximum absolute atomic E-state index is 5.96. The van der Waals surface area contributed by atoms with Crippen molar-refractivity contribution < 1.29 is 0 Å². The first-order chi connectivity index (χ1) is 7.83. The molecule has 16 heavy (non-hydrogen) atoms. The zero-order chi connectivity index (χ0) is 11.0. The van der Waals surface area contributed by atoms with Gasteiger partial charge in [-0.3, -0.25) is 0 Å². The number of nitrogen functional groups attached to an aromatic ring is 1. The van der Waals surface area contributed by atoms with Gasteiger partial charge in [0.15, 0.2) is 0 Å². The van der Waals surface area contributed by atoms with Crippen LogP contribution >= 0.6 is 11.8 Å². The summed E-state index contributed by atoms with van der Waals surface area (Å²) in [4.78, 5) is 9.05. The summed E-state index contributed by atoms with van der Waals surface area (Å²) in [6.07, 6.45) is 3.41. The van der Waals surface area contributed by atoms with Gasteiger partial charge in [-0.05, 0) is 19.4 Å². The van der Waals surface area contributed by atoms with Crippen molar-refractivity contribution in [1.82, 2.24) is 15.3 Å². The summed E-state index contributed by atoms with van der Waals surface area (Å²) in [5, 5.41) is 3.47. The summed E-state index contributed by atoms with van der Waals surface area (Å²) >= 11 is 1.87. The molecule has 1 aromatic rings. The van der Waals surface area contributed by atoms with E-state index in [1.54, 1.807) is 0 Å². The van der Waals surface area contributed by atoms with Crippen LogP contribution in [0.15, 0.2) is 0 Å². The van der Waals surface area contributed by atoms with Crippen LogP contribution in [0.1, 0.15) is 29.9 Å². The summed E-state index contributed by atoms with van der Waals surface area (Å²) < 4.78 is 0. The minimum atomic E-state index is 0.548. The van der Waals surface area contributed by atoms with E-state index in [0.29, 0.717) is 11.9 Å². The molecule has 1 atom stereocenters. The van der Waals surface area contributed by atoms with Gasteiger partial charge in [-0.15, -0.1) is 0 Å². The number of hydrogen-bond donors (Lipinski definition) is 2. The molecule has 0 amide bonds. The maximum atomic E-state index is 5.96. The highest BCUT2D eigenvalue weighted by Crippen LogP contribution is 2.31. The Hall–Kier alpha value is -0.810. The number of aromatic nitrogens is 2. The van der Waals surface area contributed by atoms with Crippen LogP contribution in [0.4, 0.5) is 5.82 Å². The molecular formula is C11H16N4S. The number of rotatable bonds is 2. The highest BCUT2D eigenvalue weighted by atomic mass is 32.2. The fraction of sp³-hybridized carbons (Fsp3) is 0.636. The predicted octanol–water partition coefficient (Wildman–Crippen LogP) is 1.10. The molecule has 0 aliphatic carbocycles. The Morgan fingerprint density at radius 3 is 3.12 bits per heavy atom. The second-order valence-electron chi connectivity index (χ2n) is 4.44. The highest BCUT2D eigenvalue weighted by molar-refractivity contribution is 7.98. The monoisotopic (exact) mass is 236 g/mol. The molecule has 0 aromatic carbocycles. The molecule has 2 aliphatic rings. The van der Waals surface area contributed by atoms with Crippen LogP contribution in [0.25, 0.3) is 0 Å². The second-order valence-corrected chi connectivity index (χ2v) is 5.43. The normalized spacial score (nSPS) is 23.6. The van der Waals surface area contributed by atoms with Crippen molar-refractivity contribution in [2.45, 2.75) is 36.8 Å². The molecular weight excluding hydrogens is 220 g/mol. The van der Waals surface area contributed by atoms with Gasteiger partial charge in [0.25, 0.3) is 0 Å².